The molecule has 2 heterocycles. The molecule has 8 aromatic carbocycles. The molecule has 10 rings (SSSR count). The second-order valence-electron chi connectivity index (χ2n) is 12.4. The van der Waals surface area contributed by atoms with Crippen molar-refractivity contribution >= 4 is 54.3 Å². The predicted molar refractivity (Wildman–Crippen MR) is 201 cm³/mol. The molecule has 10 aromatic rings. The summed E-state index contributed by atoms with van der Waals surface area (Å²) in [6.45, 7) is 0. The van der Waals surface area contributed by atoms with E-state index in [4.69, 9.17) is 19.4 Å². The Bertz CT molecular complexity index is 2880. The molecule has 4 nitrogen and oxygen atoms in total. The van der Waals surface area contributed by atoms with E-state index < -0.39 is 0 Å². The lowest BCUT2D eigenvalue weighted by atomic mass is 9.96. The molecule has 0 aliphatic rings. The molecule has 0 amide bonds. The Hall–Kier alpha value is -6.65. The van der Waals surface area contributed by atoms with Crippen molar-refractivity contribution in [2.45, 2.75) is 0 Å². The summed E-state index contributed by atoms with van der Waals surface area (Å²) in [5.74, 6) is 1.88. The SMILES string of the molecule is c1ccc(-c2nc(-c3ccc4c(ccc5c6ccccc6ccc45)c3)nc(-c3ccc4oc5cccc(-c6ccccc6)c5c4c3)n2)cc1. The van der Waals surface area contributed by atoms with Gasteiger partial charge >= 0.3 is 0 Å². The molecular formula is C45H27N3O. The molecule has 0 aliphatic carbocycles. The van der Waals surface area contributed by atoms with Crippen LogP contribution in [0.25, 0.3) is 99.5 Å². The van der Waals surface area contributed by atoms with Gasteiger partial charge in [0.1, 0.15) is 11.2 Å². The van der Waals surface area contributed by atoms with Crippen molar-refractivity contribution in [2.75, 3.05) is 0 Å². The Balaban J connectivity index is 1.16. The molecule has 0 fully saturated rings. The molecule has 0 aliphatic heterocycles. The molecule has 2 aromatic heterocycles. The van der Waals surface area contributed by atoms with Crippen LogP contribution >= 0.6 is 0 Å². The van der Waals surface area contributed by atoms with E-state index in [1.165, 1.54) is 26.9 Å². The first-order valence-corrected chi connectivity index (χ1v) is 16.4. The van der Waals surface area contributed by atoms with Crippen LogP contribution in [-0.2, 0) is 0 Å². The molecule has 0 unspecified atom stereocenters. The Morgan fingerprint density at radius 3 is 1.69 bits per heavy atom. The van der Waals surface area contributed by atoms with Gasteiger partial charge in [0, 0.05) is 27.5 Å². The zero-order valence-corrected chi connectivity index (χ0v) is 26.3. The van der Waals surface area contributed by atoms with Gasteiger partial charge in [0.25, 0.3) is 0 Å². The van der Waals surface area contributed by atoms with Gasteiger partial charge in [-0.3, -0.25) is 0 Å². The van der Waals surface area contributed by atoms with Crippen LogP contribution in [0.4, 0.5) is 0 Å². The summed E-state index contributed by atoms with van der Waals surface area (Å²) < 4.78 is 6.33. The van der Waals surface area contributed by atoms with Gasteiger partial charge in [0.2, 0.25) is 0 Å². The van der Waals surface area contributed by atoms with Crippen LogP contribution in [-0.4, -0.2) is 15.0 Å². The molecule has 0 saturated carbocycles. The number of benzene rings is 8. The van der Waals surface area contributed by atoms with Gasteiger partial charge in [0.15, 0.2) is 17.5 Å². The van der Waals surface area contributed by atoms with Crippen molar-refractivity contribution in [3.05, 3.63) is 164 Å². The van der Waals surface area contributed by atoms with Gasteiger partial charge in [0.05, 0.1) is 0 Å². The highest BCUT2D eigenvalue weighted by Gasteiger charge is 2.17. The molecule has 0 bridgehead atoms. The Labute approximate surface area is 282 Å². The largest absolute Gasteiger partial charge is 0.456 e. The summed E-state index contributed by atoms with van der Waals surface area (Å²) in [4.78, 5) is 15.2. The van der Waals surface area contributed by atoms with E-state index >= 15 is 0 Å². The van der Waals surface area contributed by atoms with E-state index in [9.17, 15) is 0 Å². The average Bonchev–Trinajstić information content (AvgIpc) is 3.56. The quantitative estimate of drug-likeness (QED) is 0.183. The van der Waals surface area contributed by atoms with Crippen LogP contribution in [0, 0.1) is 0 Å². The number of fused-ring (bicyclic) bond motifs is 8. The van der Waals surface area contributed by atoms with E-state index in [2.05, 4.69) is 103 Å². The zero-order chi connectivity index (χ0) is 32.3. The number of furan rings is 1. The molecule has 0 radical (unpaired) electrons. The van der Waals surface area contributed by atoms with Gasteiger partial charge in [-0.15, -0.1) is 0 Å². The number of aromatic nitrogens is 3. The minimum Gasteiger partial charge on any atom is -0.456 e. The molecule has 0 atom stereocenters. The average molecular weight is 626 g/mol. The van der Waals surface area contributed by atoms with Crippen molar-refractivity contribution < 1.29 is 4.42 Å². The minimum atomic E-state index is 0.613. The summed E-state index contributed by atoms with van der Waals surface area (Å²) in [5.41, 5.74) is 6.74. The number of hydrogen-bond acceptors (Lipinski definition) is 4. The zero-order valence-electron chi connectivity index (χ0n) is 26.3. The van der Waals surface area contributed by atoms with E-state index in [0.29, 0.717) is 17.5 Å². The number of hydrogen-bond donors (Lipinski definition) is 0. The van der Waals surface area contributed by atoms with Gasteiger partial charge in [-0.1, -0.05) is 133 Å². The van der Waals surface area contributed by atoms with Crippen molar-refractivity contribution in [3.8, 4) is 45.3 Å². The third-order valence-electron chi connectivity index (χ3n) is 9.51. The Morgan fingerprint density at radius 2 is 0.918 bits per heavy atom. The lowest BCUT2D eigenvalue weighted by Gasteiger charge is -2.11. The molecule has 4 heteroatoms. The first-order valence-electron chi connectivity index (χ1n) is 16.4. The number of nitrogens with zero attached hydrogens (tertiary/aromatic N) is 3. The maximum Gasteiger partial charge on any atom is 0.164 e. The summed E-state index contributed by atoms with van der Waals surface area (Å²) in [6, 6.07) is 56.9. The van der Waals surface area contributed by atoms with E-state index in [1.807, 2.05) is 60.7 Å². The fourth-order valence-corrected chi connectivity index (χ4v) is 7.14. The van der Waals surface area contributed by atoms with E-state index in [0.717, 1.165) is 55.1 Å². The topological polar surface area (TPSA) is 51.8 Å². The first-order chi connectivity index (χ1) is 24.3. The van der Waals surface area contributed by atoms with Gasteiger partial charge < -0.3 is 4.42 Å². The fourth-order valence-electron chi connectivity index (χ4n) is 7.14. The molecule has 49 heavy (non-hydrogen) atoms. The monoisotopic (exact) mass is 625 g/mol. The second-order valence-corrected chi connectivity index (χ2v) is 12.4. The highest BCUT2D eigenvalue weighted by Crippen LogP contribution is 2.39. The van der Waals surface area contributed by atoms with E-state index in [-0.39, 0.29) is 0 Å². The van der Waals surface area contributed by atoms with Crippen molar-refractivity contribution in [3.63, 3.8) is 0 Å². The summed E-state index contributed by atoms with van der Waals surface area (Å²) in [6.07, 6.45) is 0. The second kappa shape index (κ2) is 11.0. The van der Waals surface area contributed by atoms with Crippen LogP contribution in [0.3, 0.4) is 0 Å². The van der Waals surface area contributed by atoms with Crippen LogP contribution in [0.2, 0.25) is 0 Å². The fraction of sp³-hybridized carbons (Fsp3) is 0. The van der Waals surface area contributed by atoms with Crippen LogP contribution in [0.1, 0.15) is 0 Å². The first kappa shape index (κ1) is 27.5. The maximum absolute atomic E-state index is 6.33. The lowest BCUT2D eigenvalue weighted by molar-refractivity contribution is 0.669. The third kappa shape index (κ3) is 4.57. The molecule has 0 spiro atoms. The normalized spacial score (nSPS) is 11.7. The molecular weight excluding hydrogens is 599 g/mol. The molecule has 0 saturated heterocycles. The standard InChI is InChI=1S/C45H27N3O/c1-3-10-28(11-4-1)36-16-9-17-41-42(36)39-27-33(21-25-40(39)49-41)45-47-43(30-13-5-2-6-14-30)46-44(48-45)32-20-22-35-31(26-32)19-24-37-34-15-8-7-12-29(34)18-23-38(35)37/h1-27H. The van der Waals surface area contributed by atoms with Crippen molar-refractivity contribution in [2.24, 2.45) is 0 Å². The Kier molecular flexibility index (Phi) is 6.15. The summed E-state index contributed by atoms with van der Waals surface area (Å²) >= 11 is 0. The van der Waals surface area contributed by atoms with Crippen LogP contribution in [0.5, 0.6) is 0 Å². The lowest BCUT2D eigenvalue weighted by Crippen LogP contribution is -2.00. The highest BCUT2D eigenvalue weighted by molar-refractivity contribution is 6.17. The van der Waals surface area contributed by atoms with Crippen LogP contribution < -0.4 is 0 Å². The molecule has 228 valence electrons. The number of rotatable bonds is 4. The minimum absolute atomic E-state index is 0.613. The van der Waals surface area contributed by atoms with Gasteiger partial charge in [-0.25, -0.2) is 15.0 Å². The summed E-state index contributed by atoms with van der Waals surface area (Å²) in [7, 11) is 0. The maximum atomic E-state index is 6.33. The van der Waals surface area contributed by atoms with Crippen molar-refractivity contribution in [1.82, 2.24) is 15.0 Å². The third-order valence-corrected chi connectivity index (χ3v) is 9.51. The molecule has 0 N–H and O–H groups in total. The highest BCUT2D eigenvalue weighted by atomic mass is 16.3. The van der Waals surface area contributed by atoms with Crippen LogP contribution in [0.15, 0.2) is 168 Å². The van der Waals surface area contributed by atoms with E-state index in [1.54, 1.807) is 0 Å². The van der Waals surface area contributed by atoms with Gasteiger partial charge in [-0.05, 0) is 73.8 Å². The van der Waals surface area contributed by atoms with Gasteiger partial charge in [-0.2, -0.15) is 0 Å². The smallest absolute Gasteiger partial charge is 0.164 e. The Morgan fingerprint density at radius 1 is 0.327 bits per heavy atom. The summed E-state index contributed by atoms with van der Waals surface area (Å²) in [5, 5.41) is 9.45. The van der Waals surface area contributed by atoms with Crippen molar-refractivity contribution in [1.29, 1.82) is 0 Å². The predicted octanol–water partition coefficient (Wildman–Crippen LogP) is 11.9.